The first kappa shape index (κ1) is 18.5. The summed E-state index contributed by atoms with van der Waals surface area (Å²) in [6, 6.07) is 5.54. The number of methoxy groups -OCH3 is 2. The summed E-state index contributed by atoms with van der Waals surface area (Å²) < 4.78 is 10.5. The molecule has 1 aromatic carbocycles. The molecule has 0 fully saturated rings. The number of benzene rings is 1. The summed E-state index contributed by atoms with van der Waals surface area (Å²) in [5.41, 5.74) is 6.72. The number of ether oxygens (including phenoxy) is 2. The van der Waals surface area contributed by atoms with Gasteiger partial charge in [-0.3, -0.25) is 4.99 Å². The van der Waals surface area contributed by atoms with Gasteiger partial charge in [0.25, 0.3) is 0 Å². The normalized spacial score (nSPS) is 11.6. The quantitative estimate of drug-likeness (QED) is 0.414. The number of rotatable bonds is 9. The van der Waals surface area contributed by atoms with Gasteiger partial charge in [0.1, 0.15) is 0 Å². The maximum atomic E-state index is 5.89. The number of nitrogens with zero attached hydrogens (tertiary/aromatic N) is 1. The van der Waals surface area contributed by atoms with Crippen LogP contribution >= 0.6 is 11.8 Å². The summed E-state index contributed by atoms with van der Waals surface area (Å²) >= 11 is 1.97. The Kier molecular flexibility index (Phi) is 8.58. The van der Waals surface area contributed by atoms with Crippen molar-refractivity contribution in [1.82, 2.24) is 0 Å². The van der Waals surface area contributed by atoms with Gasteiger partial charge in [0.15, 0.2) is 17.5 Å². The molecule has 0 heterocycles. The van der Waals surface area contributed by atoms with Gasteiger partial charge in [-0.2, -0.15) is 11.8 Å². The van der Waals surface area contributed by atoms with E-state index in [1.807, 2.05) is 30.0 Å². The van der Waals surface area contributed by atoms with Crippen LogP contribution in [0.15, 0.2) is 23.2 Å². The lowest BCUT2D eigenvalue weighted by atomic mass is 10.3. The number of nitrogens with one attached hydrogen (secondary N) is 1. The van der Waals surface area contributed by atoms with Crippen LogP contribution in [0, 0.1) is 5.92 Å². The Bertz CT molecular complexity index is 478. The van der Waals surface area contributed by atoms with E-state index in [9.17, 15) is 0 Å². The molecule has 0 saturated carbocycles. The molecule has 0 radical (unpaired) electrons. The van der Waals surface area contributed by atoms with Crippen LogP contribution in [0.3, 0.4) is 0 Å². The van der Waals surface area contributed by atoms with E-state index < -0.39 is 0 Å². The minimum atomic E-state index is 0.418. The Hall–Kier alpha value is -1.56. The van der Waals surface area contributed by atoms with Crippen molar-refractivity contribution in [1.29, 1.82) is 0 Å². The van der Waals surface area contributed by atoms with E-state index in [2.05, 4.69) is 24.2 Å². The molecule has 0 saturated heterocycles. The van der Waals surface area contributed by atoms with Crippen molar-refractivity contribution >= 4 is 23.4 Å². The van der Waals surface area contributed by atoms with Crippen LogP contribution in [-0.4, -0.2) is 38.2 Å². The molecule has 0 aliphatic rings. The third kappa shape index (κ3) is 6.93. The van der Waals surface area contributed by atoms with Gasteiger partial charge >= 0.3 is 0 Å². The van der Waals surface area contributed by atoms with Crippen molar-refractivity contribution in [3.8, 4) is 11.5 Å². The van der Waals surface area contributed by atoms with Crippen LogP contribution in [0.2, 0.25) is 0 Å². The average Bonchev–Trinajstić information content (AvgIpc) is 2.50. The molecule has 1 aromatic rings. The molecular weight excluding hydrogens is 298 g/mol. The zero-order valence-corrected chi connectivity index (χ0v) is 14.7. The fourth-order valence-electron chi connectivity index (χ4n) is 1.79. The predicted molar refractivity (Wildman–Crippen MR) is 96.4 cm³/mol. The molecule has 0 spiro atoms. The van der Waals surface area contributed by atoms with Gasteiger partial charge in [-0.25, -0.2) is 0 Å². The highest BCUT2D eigenvalue weighted by Crippen LogP contribution is 2.29. The molecule has 22 heavy (non-hydrogen) atoms. The van der Waals surface area contributed by atoms with Gasteiger partial charge in [-0.15, -0.1) is 0 Å². The fraction of sp³-hybridized carbons (Fsp3) is 0.562. The molecule has 3 N–H and O–H groups in total. The molecule has 6 heteroatoms. The van der Waals surface area contributed by atoms with E-state index in [-0.39, 0.29) is 0 Å². The number of nitrogens with two attached hydrogens (primary N) is 1. The maximum absolute atomic E-state index is 5.89. The molecule has 5 nitrogen and oxygen atoms in total. The molecule has 0 aromatic heterocycles. The van der Waals surface area contributed by atoms with E-state index in [1.165, 1.54) is 5.75 Å². The largest absolute Gasteiger partial charge is 0.493 e. The summed E-state index contributed by atoms with van der Waals surface area (Å²) in [4.78, 5) is 4.33. The minimum absolute atomic E-state index is 0.418. The third-order valence-electron chi connectivity index (χ3n) is 2.84. The van der Waals surface area contributed by atoms with Gasteiger partial charge in [-0.1, -0.05) is 13.8 Å². The summed E-state index contributed by atoms with van der Waals surface area (Å²) in [6.45, 7) is 5.20. The molecule has 0 amide bonds. The fourth-order valence-corrected chi connectivity index (χ4v) is 2.76. The molecule has 0 aliphatic carbocycles. The summed E-state index contributed by atoms with van der Waals surface area (Å²) in [5.74, 6) is 4.82. The van der Waals surface area contributed by atoms with Crippen molar-refractivity contribution in [2.24, 2.45) is 16.6 Å². The van der Waals surface area contributed by atoms with Crippen molar-refractivity contribution in [3.63, 3.8) is 0 Å². The Balaban J connectivity index is 2.40. The van der Waals surface area contributed by atoms with Crippen LogP contribution in [0.5, 0.6) is 11.5 Å². The van der Waals surface area contributed by atoms with Crippen molar-refractivity contribution in [3.05, 3.63) is 18.2 Å². The molecule has 0 bridgehead atoms. The van der Waals surface area contributed by atoms with Crippen LogP contribution in [0.1, 0.15) is 20.3 Å². The standard InChI is InChI=1S/C16H27N3O2S/c1-12(2)11-22-9-5-8-18-16(17)19-13-6-7-14(20-3)15(10-13)21-4/h6-7,10,12H,5,8-9,11H2,1-4H3,(H3,17,18,19). The van der Waals surface area contributed by atoms with Gasteiger partial charge in [-0.05, 0) is 36.0 Å². The van der Waals surface area contributed by atoms with E-state index in [1.54, 1.807) is 14.2 Å². The number of thioether (sulfide) groups is 1. The molecular formula is C16H27N3O2S. The highest BCUT2D eigenvalue weighted by molar-refractivity contribution is 7.99. The molecule has 0 unspecified atom stereocenters. The third-order valence-corrected chi connectivity index (χ3v) is 4.32. The lowest BCUT2D eigenvalue weighted by molar-refractivity contribution is 0.355. The Morgan fingerprint density at radius 1 is 1.27 bits per heavy atom. The Labute approximate surface area is 137 Å². The van der Waals surface area contributed by atoms with Gasteiger partial charge in [0.2, 0.25) is 0 Å². The lowest BCUT2D eigenvalue weighted by Gasteiger charge is -2.11. The monoisotopic (exact) mass is 325 g/mol. The SMILES string of the molecule is COc1ccc(NC(N)=NCCCSCC(C)C)cc1OC. The molecule has 0 aliphatic heterocycles. The Morgan fingerprint density at radius 2 is 2.00 bits per heavy atom. The zero-order chi connectivity index (χ0) is 16.4. The van der Waals surface area contributed by atoms with Crippen molar-refractivity contribution in [2.45, 2.75) is 20.3 Å². The first-order valence-electron chi connectivity index (χ1n) is 7.43. The van der Waals surface area contributed by atoms with E-state index in [4.69, 9.17) is 15.2 Å². The van der Waals surface area contributed by atoms with E-state index in [0.717, 1.165) is 30.3 Å². The van der Waals surface area contributed by atoms with Crippen molar-refractivity contribution in [2.75, 3.05) is 37.6 Å². The van der Waals surface area contributed by atoms with Crippen LogP contribution in [0.25, 0.3) is 0 Å². The topological polar surface area (TPSA) is 68.9 Å². The summed E-state index contributed by atoms with van der Waals surface area (Å²) in [7, 11) is 3.21. The first-order chi connectivity index (χ1) is 10.6. The summed E-state index contributed by atoms with van der Waals surface area (Å²) in [5, 5.41) is 3.06. The van der Waals surface area contributed by atoms with Crippen molar-refractivity contribution < 1.29 is 9.47 Å². The highest BCUT2D eigenvalue weighted by Gasteiger charge is 2.04. The zero-order valence-electron chi connectivity index (χ0n) is 13.9. The highest BCUT2D eigenvalue weighted by atomic mass is 32.2. The van der Waals surface area contributed by atoms with Gasteiger partial charge in [0, 0.05) is 18.3 Å². The molecule has 0 atom stereocenters. The number of hydrogen-bond acceptors (Lipinski definition) is 4. The van der Waals surface area contributed by atoms with Crippen LogP contribution in [0.4, 0.5) is 5.69 Å². The second-order valence-electron chi connectivity index (χ2n) is 5.28. The predicted octanol–water partition coefficient (Wildman–Crippen LogP) is 3.21. The van der Waals surface area contributed by atoms with E-state index >= 15 is 0 Å². The number of guanidine groups is 1. The van der Waals surface area contributed by atoms with E-state index in [0.29, 0.717) is 17.5 Å². The minimum Gasteiger partial charge on any atom is -0.493 e. The van der Waals surface area contributed by atoms with Gasteiger partial charge in [0.05, 0.1) is 14.2 Å². The Morgan fingerprint density at radius 3 is 2.64 bits per heavy atom. The number of hydrogen-bond donors (Lipinski definition) is 2. The van der Waals surface area contributed by atoms with Crippen LogP contribution in [-0.2, 0) is 0 Å². The molecule has 124 valence electrons. The number of aliphatic imine (C=N–C) groups is 1. The lowest BCUT2D eigenvalue weighted by Crippen LogP contribution is -2.22. The smallest absolute Gasteiger partial charge is 0.193 e. The number of anilines is 1. The van der Waals surface area contributed by atoms with Crippen LogP contribution < -0.4 is 20.5 Å². The maximum Gasteiger partial charge on any atom is 0.193 e. The second kappa shape index (κ2) is 10.2. The molecule has 1 rings (SSSR count). The second-order valence-corrected chi connectivity index (χ2v) is 6.43. The van der Waals surface area contributed by atoms with Gasteiger partial charge < -0.3 is 20.5 Å². The first-order valence-corrected chi connectivity index (χ1v) is 8.59. The average molecular weight is 325 g/mol. The summed E-state index contributed by atoms with van der Waals surface area (Å²) in [6.07, 6.45) is 1.03.